The number of hydrogen-bond donors (Lipinski definition) is 1. The fraction of sp³-hybridized carbons (Fsp3) is 0.393. The van der Waals surface area contributed by atoms with E-state index in [1.165, 1.54) is 15.8 Å². The van der Waals surface area contributed by atoms with Gasteiger partial charge in [-0.25, -0.2) is 4.68 Å². The number of rotatable bonds is 11. The highest BCUT2D eigenvalue weighted by Crippen LogP contribution is 2.25. The summed E-state index contributed by atoms with van der Waals surface area (Å²) in [6.07, 6.45) is 1.49. The van der Waals surface area contributed by atoms with Crippen LogP contribution < -0.4 is 5.56 Å². The van der Waals surface area contributed by atoms with Crippen molar-refractivity contribution in [2.45, 2.75) is 59.7 Å². The van der Waals surface area contributed by atoms with E-state index in [-0.39, 0.29) is 18.1 Å². The fourth-order valence-corrected chi connectivity index (χ4v) is 4.75. The van der Waals surface area contributed by atoms with Gasteiger partial charge in [0.05, 0.1) is 18.2 Å². The van der Waals surface area contributed by atoms with E-state index in [9.17, 15) is 9.59 Å². The first-order valence-electron chi connectivity index (χ1n) is 12.7. The van der Waals surface area contributed by atoms with Crippen LogP contribution in [0.4, 0.5) is 0 Å². The normalized spacial score (nSPS) is 12.2. The van der Waals surface area contributed by atoms with Gasteiger partial charge < -0.3 is 9.72 Å². The molecule has 0 amide bonds. The molecule has 0 aliphatic carbocycles. The summed E-state index contributed by atoms with van der Waals surface area (Å²) in [6.45, 7) is 9.22. The van der Waals surface area contributed by atoms with Crippen molar-refractivity contribution in [3.8, 4) is 0 Å². The number of pyridine rings is 1. The molecule has 37 heavy (non-hydrogen) atoms. The lowest BCUT2D eigenvalue weighted by molar-refractivity contribution is -0.144. The van der Waals surface area contributed by atoms with Gasteiger partial charge in [0, 0.05) is 18.7 Å². The predicted molar refractivity (Wildman–Crippen MR) is 142 cm³/mol. The molecule has 2 aromatic carbocycles. The van der Waals surface area contributed by atoms with Crippen molar-refractivity contribution in [3.63, 3.8) is 0 Å². The third-order valence-corrected chi connectivity index (χ3v) is 6.58. The number of nitrogens with zero attached hydrogens (tertiary/aromatic N) is 5. The number of para-hydroxylation sites is 1. The highest BCUT2D eigenvalue weighted by Gasteiger charge is 2.26. The van der Waals surface area contributed by atoms with Gasteiger partial charge in [0.1, 0.15) is 6.54 Å². The number of aryl methyl sites for hydroxylation is 2. The van der Waals surface area contributed by atoms with Crippen LogP contribution in [-0.4, -0.2) is 49.2 Å². The number of nitrogens with one attached hydrogen (secondary N) is 1. The molecular weight excluding hydrogens is 468 g/mol. The zero-order valence-corrected chi connectivity index (χ0v) is 21.9. The van der Waals surface area contributed by atoms with Gasteiger partial charge in [-0.3, -0.25) is 14.5 Å². The summed E-state index contributed by atoms with van der Waals surface area (Å²) in [6, 6.07) is 16.2. The van der Waals surface area contributed by atoms with Crippen LogP contribution in [-0.2, 0) is 29.0 Å². The van der Waals surface area contributed by atoms with Crippen LogP contribution in [0.3, 0.4) is 0 Å². The molecule has 4 aromatic rings. The third kappa shape index (κ3) is 6.29. The van der Waals surface area contributed by atoms with Crippen molar-refractivity contribution in [1.29, 1.82) is 0 Å². The molecule has 194 valence electrons. The molecule has 0 saturated heterocycles. The maximum atomic E-state index is 13.1. The van der Waals surface area contributed by atoms with Crippen LogP contribution in [0, 0.1) is 13.8 Å². The Balaban J connectivity index is 1.68. The van der Waals surface area contributed by atoms with Crippen molar-refractivity contribution in [3.05, 3.63) is 87.0 Å². The number of esters is 1. The summed E-state index contributed by atoms with van der Waals surface area (Å²) in [5, 5.41) is 13.2. The summed E-state index contributed by atoms with van der Waals surface area (Å²) in [5.74, 6) is 0.186. The van der Waals surface area contributed by atoms with Crippen LogP contribution in [0.5, 0.6) is 0 Å². The van der Waals surface area contributed by atoms with Crippen LogP contribution in [0.15, 0.2) is 53.3 Å². The smallest absolute Gasteiger partial charge is 0.327 e. The molecule has 0 saturated carbocycles. The minimum atomic E-state index is -0.390. The Labute approximate surface area is 216 Å². The lowest BCUT2D eigenvalue weighted by Crippen LogP contribution is -2.34. The lowest BCUT2D eigenvalue weighted by Gasteiger charge is -2.30. The molecule has 2 heterocycles. The Morgan fingerprint density at radius 2 is 1.95 bits per heavy atom. The van der Waals surface area contributed by atoms with E-state index < -0.39 is 5.97 Å². The largest absolute Gasteiger partial charge is 0.465 e. The fourth-order valence-electron chi connectivity index (χ4n) is 4.75. The molecule has 9 heteroatoms. The van der Waals surface area contributed by atoms with Crippen molar-refractivity contribution < 1.29 is 9.53 Å². The lowest BCUT2D eigenvalue weighted by atomic mass is 10.0. The summed E-state index contributed by atoms with van der Waals surface area (Å²) in [5.41, 5.74) is 4.87. The second-order valence-corrected chi connectivity index (χ2v) is 9.30. The van der Waals surface area contributed by atoms with Gasteiger partial charge in [-0.05, 0) is 66.6 Å². The van der Waals surface area contributed by atoms with Gasteiger partial charge >= 0.3 is 5.97 Å². The van der Waals surface area contributed by atoms with Gasteiger partial charge in [0.2, 0.25) is 0 Å². The minimum absolute atomic E-state index is 0.0613. The summed E-state index contributed by atoms with van der Waals surface area (Å²) in [4.78, 5) is 30.6. The standard InChI is InChI=1S/C28H34N6O3/c1-5-24(27-30-31-32-34(27)18-25(35)37-6-2)33(14-13-21-11-7-9-19(3)15-21)17-23-16-22-12-8-10-20(4)26(22)29-28(23)36/h7-12,15-16,24H,5-6,13-14,17-18H2,1-4H3,(H,29,36). The molecule has 4 rings (SSSR count). The van der Waals surface area contributed by atoms with E-state index in [1.807, 2.05) is 31.2 Å². The molecule has 1 unspecified atom stereocenters. The number of ether oxygens (including phenoxy) is 1. The number of fused-ring (bicyclic) bond motifs is 1. The van der Waals surface area contributed by atoms with E-state index in [1.54, 1.807) is 6.92 Å². The first kappa shape index (κ1) is 26.2. The second kappa shape index (κ2) is 11.9. The Hall–Kier alpha value is -3.85. The highest BCUT2D eigenvalue weighted by molar-refractivity contribution is 5.81. The molecular formula is C28H34N6O3. The SMILES string of the molecule is CCOC(=O)Cn1nnnc1C(CC)N(CCc1cccc(C)c1)Cc1cc2cccc(C)c2[nH]c1=O. The topological polar surface area (TPSA) is 106 Å². The Morgan fingerprint density at radius 1 is 1.14 bits per heavy atom. The average Bonchev–Trinajstić information content (AvgIpc) is 3.31. The number of aromatic nitrogens is 5. The molecule has 2 aromatic heterocycles. The molecule has 0 bridgehead atoms. The maximum absolute atomic E-state index is 13.1. The third-order valence-electron chi connectivity index (χ3n) is 6.58. The number of tetrazole rings is 1. The van der Waals surface area contributed by atoms with E-state index >= 15 is 0 Å². The van der Waals surface area contributed by atoms with E-state index in [2.05, 4.69) is 63.5 Å². The number of aromatic amines is 1. The Bertz CT molecular complexity index is 1430. The van der Waals surface area contributed by atoms with Crippen molar-refractivity contribution in [2.75, 3.05) is 13.2 Å². The van der Waals surface area contributed by atoms with Crippen molar-refractivity contribution in [1.82, 2.24) is 30.1 Å². The van der Waals surface area contributed by atoms with Crippen LogP contribution in [0.2, 0.25) is 0 Å². The van der Waals surface area contributed by atoms with Gasteiger partial charge in [-0.1, -0.05) is 55.0 Å². The van der Waals surface area contributed by atoms with Crippen LogP contribution >= 0.6 is 0 Å². The monoisotopic (exact) mass is 502 g/mol. The summed E-state index contributed by atoms with van der Waals surface area (Å²) in [7, 11) is 0. The maximum Gasteiger partial charge on any atom is 0.327 e. The molecule has 0 fully saturated rings. The molecule has 9 nitrogen and oxygen atoms in total. The quantitative estimate of drug-likeness (QED) is 0.310. The first-order chi connectivity index (χ1) is 17.9. The number of carbonyl (C=O) groups excluding carboxylic acids is 1. The first-order valence-corrected chi connectivity index (χ1v) is 12.7. The average molecular weight is 503 g/mol. The Kier molecular flexibility index (Phi) is 8.45. The minimum Gasteiger partial charge on any atom is -0.465 e. The van der Waals surface area contributed by atoms with Crippen molar-refractivity contribution in [2.24, 2.45) is 0 Å². The summed E-state index contributed by atoms with van der Waals surface area (Å²) < 4.78 is 6.61. The molecule has 1 atom stereocenters. The van der Waals surface area contributed by atoms with Gasteiger partial charge in [0.25, 0.3) is 5.56 Å². The molecule has 0 radical (unpaired) electrons. The second-order valence-electron chi connectivity index (χ2n) is 9.30. The van der Waals surface area contributed by atoms with Crippen LogP contribution in [0.1, 0.15) is 54.4 Å². The predicted octanol–water partition coefficient (Wildman–Crippen LogP) is 3.89. The van der Waals surface area contributed by atoms with E-state index in [0.29, 0.717) is 37.5 Å². The molecule has 1 N–H and O–H groups in total. The zero-order valence-electron chi connectivity index (χ0n) is 21.9. The number of hydrogen-bond acceptors (Lipinski definition) is 7. The van der Waals surface area contributed by atoms with Gasteiger partial charge in [0.15, 0.2) is 5.82 Å². The molecule has 0 aliphatic rings. The van der Waals surface area contributed by atoms with E-state index in [4.69, 9.17) is 4.74 Å². The number of benzene rings is 2. The van der Waals surface area contributed by atoms with Gasteiger partial charge in [-0.15, -0.1) is 5.10 Å². The number of carbonyl (C=O) groups is 1. The van der Waals surface area contributed by atoms with Crippen LogP contribution in [0.25, 0.3) is 10.9 Å². The highest BCUT2D eigenvalue weighted by atomic mass is 16.5. The molecule has 0 spiro atoms. The van der Waals surface area contributed by atoms with E-state index in [0.717, 1.165) is 22.9 Å². The number of H-pyrrole nitrogens is 1. The zero-order chi connectivity index (χ0) is 26.4. The molecule has 0 aliphatic heterocycles. The Morgan fingerprint density at radius 3 is 2.70 bits per heavy atom. The van der Waals surface area contributed by atoms with Gasteiger partial charge in [-0.2, -0.15) is 0 Å². The summed E-state index contributed by atoms with van der Waals surface area (Å²) >= 11 is 0. The van der Waals surface area contributed by atoms with Crippen molar-refractivity contribution >= 4 is 16.9 Å².